The third-order valence-electron chi connectivity index (χ3n) is 1.79. The van der Waals surface area contributed by atoms with Gasteiger partial charge in [-0.05, 0) is 12.1 Å². The highest BCUT2D eigenvalue weighted by Crippen LogP contribution is 2.26. The SMILES string of the molecule is COC(=O)c1ncsc1-c1ccc[nH]1. The van der Waals surface area contributed by atoms with Crippen molar-refractivity contribution in [2.75, 3.05) is 7.11 Å². The molecule has 0 unspecified atom stereocenters. The lowest BCUT2D eigenvalue weighted by atomic mass is 10.3. The van der Waals surface area contributed by atoms with Gasteiger partial charge in [0.25, 0.3) is 0 Å². The van der Waals surface area contributed by atoms with Crippen molar-refractivity contribution in [3.8, 4) is 10.6 Å². The van der Waals surface area contributed by atoms with Crippen molar-refractivity contribution >= 4 is 17.3 Å². The van der Waals surface area contributed by atoms with Crippen LogP contribution in [0, 0.1) is 0 Å². The molecule has 2 heterocycles. The van der Waals surface area contributed by atoms with Crippen LogP contribution in [0.2, 0.25) is 0 Å². The molecule has 0 atom stereocenters. The Hall–Kier alpha value is -1.62. The van der Waals surface area contributed by atoms with Crippen LogP contribution in [0.15, 0.2) is 23.8 Å². The number of carbonyl (C=O) groups excluding carboxylic acids is 1. The largest absolute Gasteiger partial charge is 0.464 e. The zero-order valence-corrected chi connectivity index (χ0v) is 8.30. The van der Waals surface area contributed by atoms with E-state index in [1.807, 2.05) is 12.1 Å². The molecule has 0 radical (unpaired) electrons. The molecule has 0 bridgehead atoms. The zero-order valence-electron chi connectivity index (χ0n) is 7.48. The molecule has 72 valence electrons. The predicted octanol–water partition coefficient (Wildman–Crippen LogP) is 1.92. The van der Waals surface area contributed by atoms with E-state index >= 15 is 0 Å². The highest BCUT2D eigenvalue weighted by atomic mass is 32.1. The van der Waals surface area contributed by atoms with E-state index in [0.29, 0.717) is 5.69 Å². The number of hydrogen-bond donors (Lipinski definition) is 1. The molecule has 0 amide bonds. The van der Waals surface area contributed by atoms with Gasteiger partial charge in [0, 0.05) is 6.20 Å². The molecular formula is C9H8N2O2S. The Bertz CT molecular complexity index is 433. The van der Waals surface area contributed by atoms with Gasteiger partial charge in [-0.2, -0.15) is 0 Å². The third kappa shape index (κ3) is 1.42. The van der Waals surface area contributed by atoms with Gasteiger partial charge in [0.15, 0.2) is 5.69 Å². The van der Waals surface area contributed by atoms with Crippen molar-refractivity contribution in [1.82, 2.24) is 9.97 Å². The van der Waals surface area contributed by atoms with Crippen molar-refractivity contribution < 1.29 is 9.53 Å². The molecule has 0 aliphatic heterocycles. The maximum Gasteiger partial charge on any atom is 0.358 e. The van der Waals surface area contributed by atoms with Gasteiger partial charge in [0.1, 0.15) is 0 Å². The number of nitrogens with zero attached hydrogens (tertiary/aromatic N) is 1. The highest BCUT2D eigenvalue weighted by molar-refractivity contribution is 7.13. The summed E-state index contributed by atoms with van der Waals surface area (Å²) in [5, 5.41) is 0. The molecule has 0 aromatic carbocycles. The van der Waals surface area contributed by atoms with E-state index < -0.39 is 5.97 Å². The number of aromatic nitrogens is 2. The molecule has 2 aromatic heterocycles. The molecule has 1 N–H and O–H groups in total. The average molecular weight is 208 g/mol. The van der Waals surface area contributed by atoms with Crippen LogP contribution in [0.3, 0.4) is 0 Å². The summed E-state index contributed by atoms with van der Waals surface area (Å²) >= 11 is 1.41. The number of aromatic amines is 1. The van der Waals surface area contributed by atoms with Crippen LogP contribution in [-0.2, 0) is 4.74 Å². The van der Waals surface area contributed by atoms with E-state index in [0.717, 1.165) is 10.6 Å². The van der Waals surface area contributed by atoms with E-state index in [9.17, 15) is 4.79 Å². The lowest BCUT2D eigenvalue weighted by Gasteiger charge is -1.97. The van der Waals surface area contributed by atoms with Gasteiger partial charge in [-0.25, -0.2) is 9.78 Å². The number of carbonyl (C=O) groups is 1. The Kier molecular flexibility index (Phi) is 2.32. The van der Waals surface area contributed by atoms with Gasteiger partial charge >= 0.3 is 5.97 Å². The van der Waals surface area contributed by atoms with Gasteiger partial charge in [0.2, 0.25) is 0 Å². The van der Waals surface area contributed by atoms with Crippen LogP contribution >= 0.6 is 11.3 Å². The normalized spacial score (nSPS) is 10.1. The topological polar surface area (TPSA) is 55.0 Å². The first-order valence-corrected chi connectivity index (χ1v) is 4.86. The van der Waals surface area contributed by atoms with E-state index in [1.165, 1.54) is 18.4 Å². The molecule has 0 spiro atoms. The highest BCUT2D eigenvalue weighted by Gasteiger charge is 2.16. The molecule has 0 saturated heterocycles. The summed E-state index contributed by atoms with van der Waals surface area (Å²) in [6.45, 7) is 0. The second-order valence-electron chi connectivity index (χ2n) is 2.61. The van der Waals surface area contributed by atoms with Crippen molar-refractivity contribution in [3.05, 3.63) is 29.5 Å². The summed E-state index contributed by atoms with van der Waals surface area (Å²) in [6, 6.07) is 3.76. The van der Waals surface area contributed by atoms with Crippen molar-refractivity contribution in [2.24, 2.45) is 0 Å². The summed E-state index contributed by atoms with van der Waals surface area (Å²) in [5.41, 5.74) is 2.87. The number of H-pyrrole nitrogens is 1. The predicted molar refractivity (Wildman–Crippen MR) is 53.2 cm³/mol. The van der Waals surface area contributed by atoms with Crippen LogP contribution in [0.1, 0.15) is 10.5 Å². The van der Waals surface area contributed by atoms with E-state index in [1.54, 1.807) is 11.7 Å². The van der Waals surface area contributed by atoms with Gasteiger partial charge in [-0.1, -0.05) is 0 Å². The molecule has 14 heavy (non-hydrogen) atoms. The maximum absolute atomic E-state index is 11.3. The molecule has 5 heteroatoms. The standard InChI is InChI=1S/C9H8N2O2S/c1-13-9(12)7-8(14-5-11-7)6-3-2-4-10-6/h2-5,10H,1H3. The van der Waals surface area contributed by atoms with Gasteiger partial charge in [-0.3, -0.25) is 0 Å². The van der Waals surface area contributed by atoms with Crippen molar-refractivity contribution in [3.63, 3.8) is 0 Å². The average Bonchev–Trinajstić information content (AvgIpc) is 2.85. The van der Waals surface area contributed by atoms with E-state index in [4.69, 9.17) is 0 Å². The fourth-order valence-electron chi connectivity index (χ4n) is 1.15. The third-order valence-corrected chi connectivity index (χ3v) is 2.65. The number of ether oxygens (including phenoxy) is 1. The van der Waals surface area contributed by atoms with Crippen LogP contribution in [-0.4, -0.2) is 23.0 Å². The minimum atomic E-state index is -0.407. The van der Waals surface area contributed by atoms with Crippen LogP contribution in [0.4, 0.5) is 0 Å². The zero-order chi connectivity index (χ0) is 9.97. The number of rotatable bonds is 2. The van der Waals surface area contributed by atoms with E-state index in [-0.39, 0.29) is 0 Å². The second kappa shape index (κ2) is 3.63. The molecule has 2 rings (SSSR count). The Labute approximate surface area is 84.6 Å². The summed E-state index contributed by atoms with van der Waals surface area (Å²) in [5.74, 6) is -0.407. The molecular weight excluding hydrogens is 200 g/mol. The lowest BCUT2D eigenvalue weighted by molar-refractivity contribution is 0.0596. The first-order valence-electron chi connectivity index (χ1n) is 3.98. The quantitative estimate of drug-likeness (QED) is 0.767. The van der Waals surface area contributed by atoms with Crippen LogP contribution in [0.25, 0.3) is 10.6 Å². The first-order chi connectivity index (χ1) is 6.83. The second-order valence-corrected chi connectivity index (χ2v) is 3.46. The Balaban J connectivity index is 2.45. The molecule has 4 nitrogen and oxygen atoms in total. The lowest BCUT2D eigenvalue weighted by Crippen LogP contribution is -2.02. The van der Waals surface area contributed by atoms with Gasteiger partial charge in [-0.15, -0.1) is 11.3 Å². The Morgan fingerprint density at radius 1 is 1.64 bits per heavy atom. The fraction of sp³-hybridized carbons (Fsp3) is 0.111. The van der Waals surface area contributed by atoms with Crippen LogP contribution < -0.4 is 0 Å². The number of nitrogens with one attached hydrogen (secondary N) is 1. The van der Waals surface area contributed by atoms with Gasteiger partial charge in [0.05, 0.1) is 23.2 Å². The molecule has 0 aliphatic rings. The number of thiazole rings is 1. The molecule has 2 aromatic rings. The molecule has 0 aliphatic carbocycles. The Morgan fingerprint density at radius 3 is 3.14 bits per heavy atom. The molecule has 0 fully saturated rings. The van der Waals surface area contributed by atoms with Gasteiger partial charge < -0.3 is 9.72 Å². The summed E-state index contributed by atoms with van der Waals surface area (Å²) in [7, 11) is 1.35. The Morgan fingerprint density at radius 2 is 2.50 bits per heavy atom. The van der Waals surface area contributed by atoms with E-state index in [2.05, 4.69) is 14.7 Å². The molecule has 0 saturated carbocycles. The first kappa shape index (κ1) is 8.96. The summed E-state index contributed by atoms with van der Waals surface area (Å²) in [4.78, 5) is 19.1. The van der Waals surface area contributed by atoms with Crippen molar-refractivity contribution in [2.45, 2.75) is 0 Å². The number of methoxy groups -OCH3 is 1. The fourth-order valence-corrected chi connectivity index (χ4v) is 1.92. The number of hydrogen-bond acceptors (Lipinski definition) is 4. The van der Waals surface area contributed by atoms with Crippen molar-refractivity contribution in [1.29, 1.82) is 0 Å². The monoisotopic (exact) mass is 208 g/mol. The number of esters is 1. The minimum Gasteiger partial charge on any atom is -0.464 e. The maximum atomic E-state index is 11.3. The summed E-state index contributed by atoms with van der Waals surface area (Å²) in [6.07, 6.45) is 1.80. The van der Waals surface area contributed by atoms with Crippen LogP contribution in [0.5, 0.6) is 0 Å². The minimum absolute atomic E-state index is 0.361. The summed E-state index contributed by atoms with van der Waals surface area (Å²) < 4.78 is 4.62. The smallest absolute Gasteiger partial charge is 0.358 e.